The van der Waals surface area contributed by atoms with Gasteiger partial charge in [0.1, 0.15) is 0 Å². The zero-order valence-corrected chi connectivity index (χ0v) is 18.8. The number of rotatable bonds is 2. The summed E-state index contributed by atoms with van der Waals surface area (Å²) in [5.41, 5.74) is 0.182. The van der Waals surface area contributed by atoms with Gasteiger partial charge in [0.15, 0.2) is 0 Å². The van der Waals surface area contributed by atoms with Crippen LogP contribution in [0.3, 0.4) is 0 Å². The molecule has 0 spiro atoms. The van der Waals surface area contributed by atoms with E-state index in [4.69, 9.17) is 9.47 Å². The van der Waals surface area contributed by atoms with Crippen LogP contribution in [0.5, 0.6) is 0 Å². The molecule has 0 N–H and O–H groups in total. The van der Waals surface area contributed by atoms with E-state index in [-0.39, 0.29) is 11.2 Å². The third-order valence-electron chi connectivity index (χ3n) is 4.67. The number of alkyl halides is 2. The van der Waals surface area contributed by atoms with E-state index >= 15 is 0 Å². The third-order valence-corrected chi connectivity index (χ3v) is 7.89. The van der Waals surface area contributed by atoms with E-state index < -0.39 is 0 Å². The largest absolute Gasteiger partial charge is 0.374 e. The average molecular weight is 536 g/mol. The van der Waals surface area contributed by atoms with Crippen molar-refractivity contribution in [1.29, 1.82) is 0 Å². The molecule has 0 aliphatic carbocycles. The standard InChI is InChI=1S/C18H34I2O2/c1-17(15-19)11-7-3-5-10-14-22-18(2,16-20)12-8-4-6-9-13-21-17/h3-16H2,1-2H3. The Morgan fingerprint density at radius 1 is 0.636 bits per heavy atom. The molecular formula is C18H34I2O2. The topological polar surface area (TPSA) is 18.5 Å². The van der Waals surface area contributed by atoms with Crippen molar-refractivity contribution < 1.29 is 9.47 Å². The Balaban J connectivity index is 2.43. The molecule has 2 atom stereocenters. The summed E-state index contributed by atoms with van der Waals surface area (Å²) in [6, 6.07) is 0. The van der Waals surface area contributed by atoms with Gasteiger partial charge in [0.05, 0.1) is 11.2 Å². The quantitative estimate of drug-likeness (QED) is 0.304. The van der Waals surface area contributed by atoms with Crippen molar-refractivity contribution in [1.82, 2.24) is 0 Å². The molecule has 1 rings (SSSR count). The van der Waals surface area contributed by atoms with Crippen molar-refractivity contribution in [2.24, 2.45) is 0 Å². The Morgan fingerprint density at radius 2 is 1.00 bits per heavy atom. The van der Waals surface area contributed by atoms with Gasteiger partial charge in [0.25, 0.3) is 0 Å². The molecule has 1 fully saturated rings. The van der Waals surface area contributed by atoms with Crippen molar-refractivity contribution in [3.8, 4) is 0 Å². The van der Waals surface area contributed by atoms with Crippen LogP contribution in [0.15, 0.2) is 0 Å². The van der Waals surface area contributed by atoms with Crippen molar-refractivity contribution in [2.75, 3.05) is 22.1 Å². The summed E-state index contributed by atoms with van der Waals surface area (Å²) in [5, 5.41) is 0. The monoisotopic (exact) mass is 536 g/mol. The lowest BCUT2D eigenvalue weighted by Gasteiger charge is -2.29. The van der Waals surface area contributed by atoms with Crippen LogP contribution in [0.1, 0.15) is 78.1 Å². The summed E-state index contributed by atoms with van der Waals surface area (Å²) in [5.74, 6) is 0. The lowest BCUT2D eigenvalue weighted by Crippen LogP contribution is -2.32. The van der Waals surface area contributed by atoms with Crippen molar-refractivity contribution in [2.45, 2.75) is 89.3 Å². The Morgan fingerprint density at radius 3 is 1.36 bits per heavy atom. The summed E-state index contributed by atoms with van der Waals surface area (Å²) in [6.07, 6.45) is 12.5. The second-order valence-corrected chi connectivity index (χ2v) is 8.72. The number of hydrogen-bond acceptors (Lipinski definition) is 2. The Kier molecular flexibility index (Phi) is 11.5. The Hall–Kier alpha value is 1.38. The molecule has 2 unspecified atom stereocenters. The molecule has 0 aromatic heterocycles. The van der Waals surface area contributed by atoms with E-state index in [2.05, 4.69) is 59.0 Å². The Bertz CT molecular complexity index is 240. The zero-order valence-electron chi connectivity index (χ0n) is 14.5. The molecule has 1 aliphatic heterocycles. The first-order valence-corrected chi connectivity index (χ1v) is 12.0. The molecule has 0 amide bonds. The van der Waals surface area contributed by atoms with Crippen molar-refractivity contribution in [3.63, 3.8) is 0 Å². The molecule has 132 valence electrons. The third kappa shape index (κ3) is 9.02. The van der Waals surface area contributed by atoms with Gasteiger partial charge < -0.3 is 9.47 Å². The minimum Gasteiger partial charge on any atom is -0.374 e. The molecular weight excluding hydrogens is 502 g/mol. The maximum Gasteiger partial charge on any atom is 0.0743 e. The van der Waals surface area contributed by atoms with Crippen LogP contribution >= 0.6 is 45.2 Å². The normalized spacial score (nSPS) is 34.4. The lowest BCUT2D eigenvalue weighted by atomic mass is 9.98. The van der Waals surface area contributed by atoms with Gasteiger partial charge in [-0.05, 0) is 39.5 Å². The van der Waals surface area contributed by atoms with E-state index in [0.717, 1.165) is 22.1 Å². The minimum atomic E-state index is 0.0912. The Labute approximate surface area is 165 Å². The molecule has 22 heavy (non-hydrogen) atoms. The van der Waals surface area contributed by atoms with Gasteiger partial charge in [-0.1, -0.05) is 83.7 Å². The molecule has 0 saturated carbocycles. The highest BCUT2D eigenvalue weighted by molar-refractivity contribution is 14.1. The second-order valence-electron chi connectivity index (χ2n) is 7.19. The van der Waals surface area contributed by atoms with Crippen LogP contribution in [0.2, 0.25) is 0 Å². The van der Waals surface area contributed by atoms with Gasteiger partial charge in [-0.3, -0.25) is 0 Å². The van der Waals surface area contributed by atoms with E-state index in [1.165, 1.54) is 64.2 Å². The highest BCUT2D eigenvalue weighted by Gasteiger charge is 2.24. The number of ether oxygens (including phenoxy) is 2. The molecule has 0 aromatic rings. The molecule has 0 bridgehead atoms. The fraction of sp³-hybridized carbons (Fsp3) is 1.00. The summed E-state index contributed by atoms with van der Waals surface area (Å²) < 4.78 is 14.6. The molecule has 1 saturated heterocycles. The predicted molar refractivity (Wildman–Crippen MR) is 113 cm³/mol. The summed E-state index contributed by atoms with van der Waals surface area (Å²) >= 11 is 4.96. The lowest BCUT2D eigenvalue weighted by molar-refractivity contribution is -0.0267. The molecule has 4 heteroatoms. The average Bonchev–Trinajstić information content (AvgIpc) is 2.52. The first-order valence-electron chi connectivity index (χ1n) is 8.93. The summed E-state index contributed by atoms with van der Waals surface area (Å²) in [6.45, 7) is 6.44. The highest BCUT2D eigenvalue weighted by Crippen LogP contribution is 2.25. The zero-order chi connectivity index (χ0) is 16.3. The molecule has 0 radical (unpaired) electrons. The predicted octanol–water partition coefficient (Wildman–Crippen LogP) is 6.32. The second kappa shape index (κ2) is 11.9. The molecule has 1 aliphatic rings. The molecule has 2 nitrogen and oxygen atoms in total. The fourth-order valence-corrected chi connectivity index (χ4v) is 4.10. The van der Waals surface area contributed by atoms with E-state index in [1.54, 1.807) is 0 Å². The van der Waals surface area contributed by atoms with Gasteiger partial charge in [-0.25, -0.2) is 0 Å². The van der Waals surface area contributed by atoms with Crippen LogP contribution in [-0.2, 0) is 9.47 Å². The van der Waals surface area contributed by atoms with Crippen molar-refractivity contribution in [3.05, 3.63) is 0 Å². The van der Waals surface area contributed by atoms with Crippen molar-refractivity contribution >= 4 is 45.2 Å². The maximum absolute atomic E-state index is 6.21. The van der Waals surface area contributed by atoms with Crippen LogP contribution in [0.25, 0.3) is 0 Å². The van der Waals surface area contributed by atoms with Gasteiger partial charge in [-0.15, -0.1) is 0 Å². The first kappa shape index (κ1) is 21.4. The fourth-order valence-electron chi connectivity index (χ4n) is 2.90. The van der Waals surface area contributed by atoms with Gasteiger partial charge in [-0.2, -0.15) is 0 Å². The van der Waals surface area contributed by atoms with Crippen LogP contribution in [-0.4, -0.2) is 33.3 Å². The van der Waals surface area contributed by atoms with Crippen LogP contribution in [0.4, 0.5) is 0 Å². The summed E-state index contributed by atoms with van der Waals surface area (Å²) in [7, 11) is 0. The summed E-state index contributed by atoms with van der Waals surface area (Å²) in [4.78, 5) is 0. The minimum absolute atomic E-state index is 0.0912. The van der Waals surface area contributed by atoms with Gasteiger partial charge >= 0.3 is 0 Å². The molecule has 1 heterocycles. The number of halogens is 2. The van der Waals surface area contributed by atoms with Crippen LogP contribution in [0, 0.1) is 0 Å². The smallest absolute Gasteiger partial charge is 0.0743 e. The van der Waals surface area contributed by atoms with Crippen LogP contribution < -0.4 is 0 Å². The maximum atomic E-state index is 6.21. The highest BCUT2D eigenvalue weighted by atomic mass is 127. The SMILES string of the molecule is CC1(CI)CCCCCCOC(C)(CI)CCCCCCO1. The number of hydrogen-bond donors (Lipinski definition) is 0. The van der Waals surface area contributed by atoms with E-state index in [0.29, 0.717) is 0 Å². The first-order chi connectivity index (χ1) is 10.5. The van der Waals surface area contributed by atoms with Gasteiger partial charge in [0.2, 0.25) is 0 Å². The molecule has 0 aromatic carbocycles. The van der Waals surface area contributed by atoms with E-state index in [1.807, 2.05) is 0 Å². The van der Waals surface area contributed by atoms with E-state index in [9.17, 15) is 0 Å². The van der Waals surface area contributed by atoms with Gasteiger partial charge in [0, 0.05) is 22.1 Å².